The van der Waals surface area contributed by atoms with Crippen LogP contribution in [0.2, 0.25) is 5.02 Å². The zero-order valence-corrected chi connectivity index (χ0v) is 13.8. The molecule has 0 radical (unpaired) electrons. The largest absolute Gasteiger partial charge is 0.323 e. The second-order valence-electron chi connectivity index (χ2n) is 6.10. The highest BCUT2D eigenvalue weighted by atomic mass is 35.5. The van der Waals surface area contributed by atoms with E-state index in [4.69, 9.17) is 16.6 Å². The minimum atomic E-state index is -0.760. The van der Waals surface area contributed by atoms with Gasteiger partial charge in [-0.3, -0.25) is 14.8 Å². The van der Waals surface area contributed by atoms with E-state index in [-0.39, 0.29) is 5.91 Å². The van der Waals surface area contributed by atoms with Crippen LogP contribution in [0.15, 0.2) is 47.6 Å². The number of rotatable bonds is 1. The van der Waals surface area contributed by atoms with E-state index in [0.717, 1.165) is 30.0 Å². The Morgan fingerprint density at radius 2 is 1.96 bits per heavy atom. The van der Waals surface area contributed by atoms with Crippen molar-refractivity contribution < 1.29 is 4.79 Å². The number of nitrogens with zero attached hydrogens (tertiary/aromatic N) is 2. The summed E-state index contributed by atoms with van der Waals surface area (Å²) in [6.45, 7) is 1.53. The van der Waals surface area contributed by atoms with E-state index >= 15 is 0 Å². The van der Waals surface area contributed by atoms with Crippen LogP contribution in [-0.2, 0) is 4.79 Å². The number of aromatic nitrogens is 1. The minimum Gasteiger partial charge on any atom is -0.323 e. The second kappa shape index (κ2) is 6.00. The van der Waals surface area contributed by atoms with Crippen LogP contribution in [0.25, 0.3) is 0 Å². The number of carbonyl (C=O) groups is 1. The molecule has 122 valence electrons. The first-order chi connectivity index (χ1) is 11.7. The molecule has 1 aromatic heterocycles. The molecular formula is C18H17ClN4O. The molecule has 3 heterocycles. The van der Waals surface area contributed by atoms with E-state index in [0.29, 0.717) is 23.6 Å². The third-order valence-corrected chi connectivity index (χ3v) is 4.81. The van der Waals surface area contributed by atoms with Crippen LogP contribution in [0.3, 0.4) is 0 Å². The number of fused-ring (bicyclic) bond motifs is 1. The van der Waals surface area contributed by atoms with Gasteiger partial charge >= 0.3 is 0 Å². The Kier molecular flexibility index (Phi) is 3.82. The average Bonchev–Trinajstić information content (AvgIpc) is 2.73. The summed E-state index contributed by atoms with van der Waals surface area (Å²) in [7, 11) is 0. The lowest BCUT2D eigenvalue weighted by molar-refractivity contribution is -0.121. The molecule has 6 heteroatoms. The van der Waals surface area contributed by atoms with Crippen LogP contribution in [0.1, 0.15) is 24.1 Å². The lowest BCUT2D eigenvalue weighted by atomic mass is 9.88. The number of carbonyl (C=O) groups excluding carboxylic acids is 1. The first-order valence-corrected chi connectivity index (χ1v) is 8.39. The van der Waals surface area contributed by atoms with E-state index in [1.807, 2.05) is 30.3 Å². The molecule has 0 aliphatic carbocycles. The summed E-state index contributed by atoms with van der Waals surface area (Å²) in [6.07, 6.45) is 3.06. The molecule has 0 atom stereocenters. The summed E-state index contributed by atoms with van der Waals surface area (Å²) in [6, 6.07) is 11.1. The molecule has 1 aromatic carbocycles. The smallest absolute Gasteiger partial charge is 0.252 e. The van der Waals surface area contributed by atoms with Crippen LogP contribution in [-0.4, -0.2) is 35.2 Å². The highest BCUT2D eigenvalue weighted by Crippen LogP contribution is 2.33. The Morgan fingerprint density at radius 1 is 1.12 bits per heavy atom. The third-order valence-electron chi connectivity index (χ3n) is 4.57. The second-order valence-corrected chi connectivity index (χ2v) is 6.54. The number of aliphatic imine (C=N–C) groups is 1. The molecule has 24 heavy (non-hydrogen) atoms. The van der Waals surface area contributed by atoms with Gasteiger partial charge in [0, 0.05) is 16.8 Å². The third kappa shape index (κ3) is 2.60. The van der Waals surface area contributed by atoms with Crippen molar-refractivity contribution in [2.75, 3.05) is 18.4 Å². The summed E-state index contributed by atoms with van der Waals surface area (Å²) in [5.74, 6) is -0.0569. The van der Waals surface area contributed by atoms with Crippen molar-refractivity contribution >= 4 is 28.9 Å². The van der Waals surface area contributed by atoms with Crippen molar-refractivity contribution in [1.82, 2.24) is 10.3 Å². The Labute approximate surface area is 145 Å². The van der Waals surface area contributed by atoms with Gasteiger partial charge in [-0.25, -0.2) is 0 Å². The summed E-state index contributed by atoms with van der Waals surface area (Å²) >= 11 is 6.20. The Bertz CT molecular complexity index is 813. The fourth-order valence-corrected chi connectivity index (χ4v) is 3.43. The molecule has 1 amide bonds. The van der Waals surface area contributed by atoms with E-state index in [2.05, 4.69) is 15.6 Å². The molecular weight excluding hydrogens is 324 g/mol. The monoisotopic (exact) mass is 340 g/mol. The van der Waals surface area contributed by atoms with Crippen LogP contribution in [0.4, 0.5) is 5.69 Å². The zero-order valence-electron chi connectivity index (χ0n) is 13.1. The van der Waals surface area contributed by atoms with Crippen LogP contribution >= 0.6 is 11.6 Å². The Hall–Kier alpha value is -2.24. The van der Waals surface area contributed by atoms with E-state index < -0.39 is 5.54 Å². The maximum absolute atomic E-state index is 12.9. The topological polar surface area (TPSA) is 66.4 Å². The summed E-state index contributed by atoms with van der Waals surface area (Å²) in [4.78, 5) is 22.3. The van der Waals surface area contributed by atoms with Crippen LogP contribution in [0.5, 0.6) is 0 Å². The molecule has 1 saturated heterocycles. The van der Waals surface area contributed by atoms with Crippen molar-refractivity contribution in [2.24, 2.45) is 4.99 Å². The molecule has 2 aliphatic rings. The zero-order chi connectivity index (χ0) is 16.6. The van der Waals surface area contributed by atoms with Gasteiger partial charge < -0.3 is 10.6 Å². The van der Waals surface area contributed by atoms with Gasteiger partial charge in [-0.2, -0.15) is 0 Å². The molecule has 0 unspecified atom stereocenters. The fourth-order valence-electron chi connectivity index (χ4n) is 3.26. The van der Waals surface area contributed by atoms with Crippen LogP contribution in [0, 0.1) is 0 Å². The minimum absolute atomic E-state index is 0.0569. The SMILES string of the molecule is O=C1Nc2ccc(Cl)cc2C(c2ccccn2)=NC12CCNCC2. The normalized spacial score (nSPS) is 19.2. The summed E-state index contributed by atoms with van der Waals surface area (Å²) < 4.78 is 0. The molecule has 2 aromatic rings. The molecule has 5 nitrogen and oxygen atoms in total. The maximum atomic E-state index is 12.9. The molecule has 2 aliphatic heterocycles. The summed E-state index contributed by atoms with van der Waals surface area (Å²) in [5.41, 5.74) is 2.24. The number of pyridine rings is 1. The van der Waals surface area contributed by atoms with Crippen molar-refractivity contribution in [1.29, 1.82) is 0 Å². The number of anilines is 1. The van der Waals surface area contributed by atoms with Crippen molar-refractivity contribution in [3.63, 3.8) is 0 Å². The van der Waals surface area contributed by atoms with Gasteiger partial charge in [-0.15, -0.1) is 0 Å². The predicted octanol–water partition coefficient (Wildman–Crippen LogP) is 2.65. The fraction of sp³-hybridized carbons (Fsp3) is 0.278. The lowest BCUT2D eigenvalue weighted by Gasteiger charge is -2.32. The van der Waals surface area contributed by atoms with Gasteiger partial charge in [-0.05, 0) is 56.3 Å². The van der Waals surface area contributed by atoms with Gasteiger partial charge in [0.15, 0.2) is 0 Å². The predicted molar refractivity (Wildman–Crippen MR) is 94.8 cm³/mol. The van der Waals surface area contributed by atoms with Gasteiger partial charge in [-0.1, -0.05) is 17.7 Å². The first kappa shape index (κ1) is 15.3. The quantitative estimate of drug-likeness (QED) is 0.838. The molecule has 1 spiro atoms. The van der Waals surface area contributed by atoms with Gasteiger partial charge in [0.25, 0.3) is 5.91 Å². The number of nitrogens with one attached hydrogen (secondary N) is 2. The van der Waals surface area contributed by atoms with Gasteiger partial charge in [0.2, 0.25) is 0 Å². The molecule has 0 saturated carbocycles. The molecule has 1 fully saturated rings. The van der Waals surface area contributed by atoms with Crippen molar-refractivity contribution in [3.05, 3.63) is 58.9 Å². The average molecular weight is 341 g/mol. The molecule has 0 bridgehead atoms. The highest BCUT2D eigenvalue weighted by molar-refractivity contribution is 6.32. The number of hydrogen-bond donors (Lipinski definition) is 2. The van der Waals surface area contributed by atoms with Crippen molar-refractivity contribution in [3.8, 4) is 0 Å². The number of hydrogen-bond acceptors (Lipinski definition) is 4. The standard InChI is InChI=1S/C18H17ClN4O/c19-12-4-5-14-13(11-12)16(15-3-1-2-8-21-15)23-18(17(24)22-14)6-9-20-10-7-18/h1-5,8,11,20H,6-7,9-10H2,(H,22,24). The number of amides is 1. The summed E-state index contributed by atoms with van der Waals surface area (Å²) in [5, 5.41) is 6.94. The van der Waals surface area contributed by atoms with Crippen LogP contribution < -0.4 is 10.6 Å². The maximum Gasteiger partial charge on any atom is 0.252 e. The number of halogens is 1. The van der Waals surface area contributed by atoms with E-state index in [1.54, 1.807) is 12.3 Å². The lowest BCUT2D eigenvalue weighted by Crippen LogP contribution is -2.49. The molecule has 4 rings (SSSR count). The number of benzene rings is 1. The van der Waals surface area contributed by atoms with Gasteiger partial charge in [0.1, 0.15) is 5.54 Å². The van der Waals surface area contributed by atoms with E-state index in [9.17, 15) is 4.79 Å². The van der Waals surface area contributed by atoms with Crippen molar-refractivity contribution in [2.45, 2.75) is 18.4 Å². The molecule has 2 N–H and O–H groups in total. The first-order valence-electron chi connectivity index (χ1n) is 8.01. The highest BCUT2D eigenvalue weighted by Gasteiger charge is 2.42. The Balaban J connectivity index is 1.94. The van der Waals surface area contributed by atoms with Gasteiger partial charge in [0.05, 0.1) is 17.1 Å². The van der Waals surface area contributed by atoms with E-state index in [1.165, 1.54) is 0 Å². The Morgan fingerprint density at radius 3 is 2.71 bits per heavy atom. The number of piperidine rings is 1.